The number of halogens is 4. The monoisotopic (exact) mass is 631 g/mol. The molecule has 44 heavy (non-hydrogen) atoms. The number of anilines is 1. The summed E-state index contributed by atoms with van der Waals surface area (Å²) >= 11 is 6.43. The number of carbonyl (C=O) groups is 3. The number of aromatic nitrogens is 4. The van der Waals surface area contributed by atoms with Gasteiger partial charge in [0.2, 0.25) is 5.91 Å². The maximum atomic E-state index is 13.6. The van der Waals surface area contributed by atoms with Crippen molar-refractivity contribution in [1.29, 1.82) is 5.26 Å². The summed E-state index contributed by atoms with van der Waals surface area (Å²) in [4.78, 5) is 46.5. The molecule has 0 spiro atoms. The molecule has 0 unspecified atom stereocenters. The molecule has 3 aromatic rings. The molecular weight excluding hydrogens is 603 g/mol. The number of piperidine rings is 1. The Balaban J connectivity index is 1.25. The summed E-state index contributed by atoms with van der Waals surface area (Å²) in [6.45, 7) is 3.26. The maximum absolute atomic E-state index is 13.6. The van der Waals surface area contributed by atoms with Crippen molar-refractivity contribution in [3.63, 3.8) is 0 Å². The average molecular weight is 632 g/mol. The number of carbonyl (C=O) groups excluding carboxylic acids is 3. The van der Waals surface area contributed by atoms with Gasteiger partial charge in [0.05, 0.1) is 46.2 Å². The van der Waals surface area contributed by atoms with Gasteiger partial charge in [0.25, 0.3) is 11.8 Å². The number of nitrogens with one attached hydrogen (secondary N) is 3. The highest BCUT2D eigenvalue weighted by atomic mass is 35.5. The summed E-state index contributed by atoms with van der Waals surface area (Å²) in [7, 11) is 1.37. The number of piperazine rings is 1. The Labute approximate surface area is 255 Å². The van der Waals surface area contributed by atoms with Crippen LogP contribution in [0.15, 0.2) is 24.4 Å². The number of aromatic amines is 1. The fourth-order valence-corrected chi connectivity index (χ4v) is 5.76. The third kappa shape index (κ3) is 6.27. The largest absolute Gasteiger partial charge is 0.435 e. The molecule has 4 heterocycles. The van der Waals surface area contributed by atoms with Gasteiger partial charge in [-0.1, -0.05) is 11.6 Å². The normalized spacial score (nSPS) is 16.1. The Morgan fingerprint density at radius 1 is 1.14 bits per heavy atom. The van der Waals surface area contributed by atoms with Crippen LogP contribution in [0, 0.1) is 17.2 Å². The molecule has 3 amide bonds. The zero-order chi connectivity index (χ0) is 31.6. The summed E-state index contributed by atoms with van der Waals surface area (Å²) in [5.74, 6) is -1.10. The third-order valence-corrected chi connectivity index (χ3v) is 8.15. The van der Waals surface area contributed by atoms with E-state index in [2.05, 4.69) is 25.8 Å². The van der Waals surface area contributed by atoms with Gasteiger partial charge in [0, 0.05) is 44.8 Å². The molecule has 2 aliphatic heterocycles. The Morgan fingerprint density at radius 3 is 2.45 bits per heavy atom. The third-order valence-electron chi connectivity index (χ3n) is 7.84. The molecule has 2 saturated heterocycles. The highest BCUT2D eigenvalue weighted by Gasteiger charge is 2.39. The fourth-order valence-electron chi connectivity index (χ4n) is 5.50. The van der Waals surface area contributed by atoms with Crippen LogP contribution >= 0.6 is 11.6 Å². The zero-order valence-electron chi connectivity index (χ0n) is 23.7. The van der Waals surface area contributed by atoms with Crippen molar-refractivity contribution < 1.29 is 27.6 Å². The molecule has 16 heteroatoms. The van der Waals surface area contributed by atoms with Gasteiger partial charge < -0.3 is 25.0 Å². The van der Waals surface area contributed by atoms with Crippen LogP contribution in [-0.2, 0) is 24.4 Å². The van der Waals surface area contributed by atoms with Gasteiger partial charge in [-0.15, -0.1) is 0 Å². The van der Waals surface area contributed by atoms with Crippen LogP contribution in [0.25, 0.3) is 11.3 Å². The predicted molar refractivity (Wildman–Crippen MR) is 153 cm³/mol. The molecule has 0 aliphatic carbocycles. The lowest BCUT2D eigenvalue weighted by atomic mass is 9.96. The van der Waals surface area contributed by atoms with Crippen LogP contribution in [-0.4, -0.2) is 86.5 Å². The van der Waals surface area contributed by atoms with Gasteiger partial charge in [-0.25, -0.2) is 4.98 Å². The van der Waals surface area contributed by atoms with E-state index in [1.54, 1.807) is 11.0 Å². The van der Waals surface area contributed by atoms with Gasteiger partial charge in [-0.2, -0.15) is 23.5 Å². The van der Waals surface area contributed by atoms with Crippen LogP contribution in [0.3, 0.4) is 0 Å². The number of nitrogens with zero attached hydrogens (tertiary/aromatic N) is 6. The molecule has 0 saturated carbocycles. The average Bonchev–Trinajstić information content (AvgIpc) is 3.60. The molecule has 5 rings (SSSR count). The van der Waals surface area contributed by atoms with Gasteiger partial charge in [-0.05, 0) is 44.1 Å². The van der Waals surface area contributed by atoms with E-state index < -0.39 is 17.8 Å². The lowest BCUT2D eigenvalue weighted by Crippen LogP contribution is -2.52. The maximum Gasteiger partial charge on any atom is 0.435 e. The van der Waals surface area contributed by atoms with E-state index in [9.17, 15) is 27.6 Å². The van der Waals surface area contributed by atoms with Crippen molar-refractivity contribution in [2.24, 2.45) is 13.0 Å². The number of benzene rings is 1. The molecule has 3 N–H and O–H groups in total. The number of alkyl halides is 3. The second-order valence-corrected chi connectivity index (χ2v) is 11.0. The van der Waals surface area contributed by atoms with Gasteiger partial charge >= 0.3 is 6.18 Å². The van der Waals surface area contributed by atoms with E-state index >= 15 is 0 Å². The minimum absolute atomic E-state index is 0.0112. The van der Waals surface area contributed by atoms with E-state index in [4.69, 9.17) is 16.9 Å². The first-order chi connectivity index (χ1) is 21.0. The number of amides is 3. The quantitative estimate of drug-likeness (QED) is 0.378. The Hall–Kier alpha value is -4.42. The van der Waals surface area contributed by atoms with Crippen LogP contribution in [0.5, 0.6) is 0 Å². The van der Waals surface area contributed by atoms with Crippen LogP contribution in [0.4, 0.5) is 18.9 Å². The second kappa shape index (κ2) is 12.7. The Kier molecular flexibility index (Phi) is 8.93. The van der Waals surface area contributed by atoms with E-state index in [1.807, 2.05) is 4.90 Å². The first-order valence-corrected chi connectivity index (χ1v) is 14.3. The Morgan fingerprint density at radius 2 is 1.82 bits per heavy atom. The highest BCUT2D eigenvalue weighted by Crippen LogP contribution is 2.38. The summed E-state index contributed by atoms with van der Waals surface area (Å²) in [5.41, 5.74) is -1.24. The lowest BCUT2D eigenvalue weighted by Gasteiger charge is -2.37. The minimum Gasteiger partial charge on any atom is -0.339 e. The van der Waals surface area contributed by atoms with E-state index in [0.29, 0.717) is 26.2 Å². The summed E-state index contributed by atoms with van der Waals surface area (Å²) in [6.07, 6.45) is -2.44. The second-order valence-electron chi connectivity index (χ2n) is 10.6. The number of hydrogen-bond acceptors (Lipinski definition) is 7. The zero-order valence-corrected chi connectivity index (χ0v) is 24.4. The number of hydrogen-bond donors (Lipinski definition) is 3. The van der Waals surface area contributed by atoms with Crippen LogP contribution in [0.2, 0.25) is 5.02 Å². The van der Waals surface area contributed by atoms with Gasteiger partial charge in [-0.3, -0.25) is 19.5 Å². The SMILES string of the molecule is Cn1c(-c2c(C(F)(F)F)n[nH]c2CC#N)cnc1C(=O)Nc1ccc(C(=O)N2CCN(C(=O)C3CCNCC3)CC2)c(Cl)c1. The van der Waals surface area contributed by atoms with Crippen molar-refractivity contribution in [3.8, 4) is 17.3 Å². The van der Waals surface area contributed by atoms with Crippen molar-refractivity contribution in [1.82, 2.24) is 34.9 Å². The van der Waals surface area contributed by atoms with Crippen molar-refractivity contribution in [2.75, 3.05) is 44.6 Å². The first-order valence-electron chi connectivity index (χ1n) is 13.9. The molecule has 1 aromatic carbocycles. The van der Waals surface area contributed by atoms with Gasteiger partial charge in [0.1, 0.15) is 0 Å². The molecule has 0 radical (unpaired) electrons. The van der Waals surface area contributed by atoms with Crippen LogP contribution < -0.4 is 10.6 Å². The highest BCUT2D eigenvalue weighted by molar-refractivity contribution is 6.34. The number of H-pyrrole nitrogens is 1. The molecule has 232 valence electrons. The first kappa shape index (κ1) is 31.0. The molecule has 2 fully saturated rings. The van der Waals surface area contributed by atoms with Crippen molar-refractivity contribution >= 4 is 35.0 Å². The van der Waals surface area contributed by atoms with Gasteiger partial charge in [0.15, 0.2) is 11.5 Å². The van der Waals surface area contributed by atoms with Crippen molar-refractivity contribution in [2.45, 2.75) is 25.4 Å². The van der Waals surface area contributed by atoms with E-state index in [0.717, 1.165) is 32.1 Å². The number of imidazole rings is 1. The summed E-state index contributed by atoms with van der Waals surface area (Å²) in [5, 5.41) is 20.6. The molecule has 0 atom stereocenters. The number of nitriles is 1. The lowest BCUT2D eigenvalue weighted by molar-refractivity contribution is -0.140. The molecule has 2 aliphatic rings. The van der Waals surface area contributed by atoms with E-state index in [1.165, 1.54) is 29.8 Å². The molecular formula is C28H29ClF3N9O3. The Bertz CT molecular complexity index is 1610. The number of rotatable bonds is 6. The standard InChI is InChI=1S/C28H29ClF3N9O3/c1-39-21(22-20(4-7-33)37-38-23(22)28(30,31)32)15-35-24(39)25(42)36-17-2-3-18(19(29)14-17)27(44)41-12-10-40(11-13-41)26(43)16-5-8-34-9-6-16/h2-3,14-16,34H,4-6,8-13H2,1H3,(H,36,42)(H,37,38). The predicted octanol–water partition coefficient (Wildman–Crippen LogP) is 3.08. The summed E-state index contributed by atoms with van der Waals surface area (Å²) < 4.78 is 42.0. The topological polar surface area (TPSA) is 152 Å². The van der Waals surface area contributed by atoms with E-state index in [-0.39, 0.29) is 63.2 Å². The smallest absolute Gasteiger partial charge is 0.339 e. The molecule has 0 bridgehead atoms. The molecule has 12 nitrogen and oxygen atoms in total. The van der Waals surface area contributed by atoms with Crippen molar-refractivity contribution in [3.05, 3.63) is 52.2 Å². The summed E-state index contributed by atoms with van der Waals surface area (Å²) in [6, 6.07) is 6.16. The van der Waals surface area contributed by atoms with Crippen LogP contribution in [0.1, 0.15) is 45.2 Å². The fraction of sp³-hybridized carbons (Fsp3) is 0.429. The minimum atomic E-state index is -4.81. The molecule has 2 aromatic heterocycles.